The van der Waals surface area contributed by atoms with Gasteiger partial charge >= 0.3 is 0 Å². The molecule has 0 saturated heterocycles. The summed E-state index contributed by atoms with van der Waals surface area (Å²) in [4.78, 5) is 13.5. The van der Waals surface area contributed by atoms with E-state index in [9.17, 15) is 4.79 Å². The Morgan fingerprint density at radius 3 is 2.11 bits per heavy atom. The Morgan fingerprint density at radius 1 is 0.821 bits per heavy atom. The summed E-state index contributed by atoms with van der Waals surface area (Å²) >= 11 is 0. The van der Waals surface area contributed by atoms with Gasteiger partial charge < -0.3 is 0 Å². The zero-order chi connectivity index (χ0) is 19.7. The molecule has 4 rings (SSSR count). The highest BCUT2D eigenvalue weighted by Gasteiger charge is 2.18. The van der Waals surface area contributed by atoms with E-state index in [0.717, 1.165) is 22.3 Å². The fourth-order valence-electron chi connectivity index (χ4n) is 3.13. The predicted octanol–water partition coefficient (Wildman–Crippen LogP) is 5.24. The number of rotatable bonds is 3. The minimum absolute atomic E-state index is 0.198. The van der Waals surface area contributed by atoms with Gasteiger partial charge in [-0.3, -0.25) is 4.79 Å². The van der Waals surface area contributed by atoms with Crippen LogP contribution in [-0.2, 0) is 0 Å². The molecule has 0 fully saturated rings. The van der Waals surface area contributed by atoms with Gasteiger partial charge in [0.15, 0.2) is 0 Å². The van der Waals surface area contributed by atoms with Crippen LogP contribution in [0.15, 0.2) is 66.7 Å². The van der Waals surface area contributed by atoms with E-state index in [-0.39, 0.29) is 5.91 Å². The number of aromatic nitrogens is 3. The van der Waals surface area contributed by atoms with Gasteiger partial charge in [0.25, 0.3) is 5.91 Å². The van der Waals surface area contributed by atoms with Gasteiger partial charge in [-0.2, -0.15) is 4.68 Å². The van der Waals surface area contributed by atoms with Gasteiger partial charge in [-0.05, 0) is 55.7 Å². The normalized spacial score (nSPS) is 11.8. The molecule has 0 N–H and O–H groups in total. The van der Waals surface area contributed by atoms with Crippen LogP contribution >= 0.6 is 0 Å². The number of nitrogens with zero attached hydrogens (tertiary/aromatic N) is 3. The molecule has 0 aliphatic heterocycles. The number of aryl methyl sites for hydroxylation is 3. The average Bonchev–Trinajstić information content (AvgIpc) is 3.11. The standard InChI is InChI=1S/C24H21N3O/c1-16-4-9-19(10-5-16)15-21(20-11-6-17(2)7-12-20)24(28)27-23-13-8-18(3)14-22(23)25-26-27/h4-15H,1-3H3/b21-15+. The Morgan fingerprint density at radius 2 is 1.43 bits per heavy atom. The van der Waals surface area contributed by atoms with Gasteiger partial charge in [0, 0.05) is 5.57 Å². The van der Waals surface area contributed by atoms with Gasteiger partial charge in [0.1, 0.15) is 5.52 Å². The summed E-state index contributed by atoms with van der Waals surface area (Å²) in [7, 11) is 0. The second-order valence-electron chi connectivity index (χ2n) is 7.13. The first kappa shape index (κ1) is 17.9. The van der Waals surface area contributed by atoms with Crippen molar-refractivity contribution in [3.8, 4) is 0 Å². The van der Waals surface area contributed by atoms with Gasteiger partial charge in [-0.1, -0.05) is 70.9 Å². The molecule has 1 heterocycles. The Kier molecular flexibility index (Phi) is 4.62. The summed E-state index contributed by atoms with van der Waals surface area (Å²) in [5.74, 6) is -0.198. The van der Waals surface area contributed by atoms with Crippen molar-refractivity contribution in [3.63, 3.8) is 0 Å². The van der Waals surface area contributed by atoms with E-state index < -0.39 is 0 Å². The molecule has 0 saturated carbocycles. The molecule has 3 aromatic carbocycles. The average molecular weight is 367 g/mol. The summed E-state index contributed by atoms with van der Waals surface area (Å²) in [6.45, 7) is 6.07. The molecule has 28 heavy (non-hydrogen) atoms. The summed E-state index contributed by atoms with van der Waals surface area (Å²) < 4.78 is 1.38. The monoisotopic (exact) mass is 367 g/mol. The third-order valence-electron chi connectivity index (χ3n) is 4.77. The first-order chi connectivity index (χ1) is 13.5. The third kappa shape index (κ3) is 3.49. The van der Waals surface area contributed by atoms with Crippen molar-refractivity contribution in [1.82, 2.24) is 15.0 Å². The SMILES string of the molecule is Cc1ccc(/C=C(/C(=O)n2nnc3cc(C)ccc32)c2ccc(C)cc2)cc1. The molecule has 138 valence electrons. The number of allylic oxidation sites excluding steroid dienone is 1. The minimum atomic E-state index is -0.198. The zero-order valence-corrected chi connectivity index (χ0v) is 16.2. The first-order valence-electron chi connectivity index (χ1n) is 9.23. The smallest absolute Gasteiger partial charge is 0.267 e. The highest BCUT2D eigenvalue weighted by Crippen LogP contribution is 2.23. The molecule has 4 heteroatoms. The Balaban J connectivity index is 1.85. The van der Waals surface area contributed by atoms with E-state index in [1.807, 2.05) is 93.6 Å². The number of carbonyl (C=O) groups is 1. The molecule has 0 radical (unpaired) electrons. The van der Waals surface area contributed by atoms with Gasteiger partial charge in [-0.15, -0.1) is 5.10 Å². The van der Waals surface area contributed by atoms with Crippen LogP contribution in [0.5, 0.6) is 0 Å². The topological polar surface area (TPSA) is 47.8 Å². The summed E-state index contributed by atoms with van der Waals surface area (Å²) in [5, 5.41) is 8.31. The summed E-state index contributed by atoms with van der Waals surface area (Å²) in [6, 6.07) is 21.8. The van der Waals surface area contributed by atoms with Gasteiger partial charge in [-0.25, -0.2) is 0 Å². The van der Waals surface area contributed by atoms with Crippen molar-refractivity contribution < 1.29 is 4.79 Å². The zero-order valence-electron chi connectivity index (χ0n) is 16.2. The molecule has 0 bridgehead atoms. The highest BCUT2D eigenvalue weighted by atomic mass is 16.2. The second kappa shape index (κ2) is 7.24. The van der Waals surface area contributed by atoms with Crippen LogP contribution in [0, 0.1) is 20.8 Å². The van der Waals surface area contributed by atoms with Crippen LogP contribution < -0.4 is 0 Å². The van der Waals surface area contributed by atoms with Crippen molar-refractivity contribution in [3.05, 3.63) is 94.5 Å². The molecule has 0 amide bonds. The molecular formula is C24H21N3O. The maximum absolute atomic E-state index is 13.5. The second-order valence-corrected chi connectivity index (χ2v) is 7.13. The van der Waals surface area contributed by atoms with E-state index in [4.69, 9.17) is 0 Å². The summed E-state index contributed by atoms with van der Waals surface area (Å²) in [6.07, 6.45) is 1.91. The maximum Gasteiger partial charge on any atom is 0.280 e. The van der Waals surface area contributed by atoms with Crippen molar-refractivity contribution >= 4 is 28.6 Å². The Labute approximate surface area is 164 Å². The Bertz CT molecular complexity index is 1180. The van der Waals surface area contributed by atoms with Crippen molar-refractivity contribution in [2.45, 2.75) is 20.8 Å². The molecule has 0 aliphatic carbocycles. The molecule has 0 aliphatic rings. The van der Waals surface area contributed by atoms with Crippen LogP contribution in [0.4, 0.5) is 0 Å². The molecule has 4 aromatic rings. The van der Waals surface area contributed by atoms with Gasteiger partial charge in [0.05, 0.1) is 5.52 Å². The van der Waals surface area contributed by atoms with Crippen molar-refractivity contribution in [2.24, 2.45) is 0 Å². The number of benzene rings is 3. The largest absolute Gasteiger partial charge is 0.280 e. The van der Waals surface area contributed by atoms with Crippen LogP contribution in [0.2, 0.25) is 0 Å². The van der Waals surface area contributed by atoms with E-state index in [2.05, 4.69) is 10.3 Å². The quantitative estimate of drug-likeness (QED) is 0.368. The van der Waals surface area contributed by atoms with Crippen LogP contribution in [-0.4, -0.2) is 20.9 Å². The van der Waals surface area contributed by atoms with E-state index in [0.29, 0.717) is 16.6 Å². The van der Waals surface area contributed by atoms with Crippen LogP contribution in [0.3, 0.4) is 0 Å². The Hall–Kier alpha value is -3.53. The fourth-order valence-corrected chi connectivity index (χ4v) is 3.13. The van der Waals surface area contributed by atoms with Crippen molar-refractivity contribution in [1.29, 1.82) is 0 Å². The van der Waals surface area contributed by atoms with E-state index >= 15 is 0 Å². The number of carbonyl (C=O) groups excluding carboxylic acids is 1. The third-order valence-corrected chi connectivity index (χ3v) is 4.77. The fraction of sp³-hybridized carbons (Fsp3) is 0.125. The van der Waals surface area contributed by atoms with E-state index in [1.165, 1.54) is 10.2 Å². The van der Waals surface area contributed by atoms with Crippen molar-refractivity contribution in [2.75, 3.05) is 0 Å². The maximum atomic E-state index is 13.5. The molecule has 4 nitrogen and oxygen atoms in total. The first-order valence-corrected chi connectivity index (χ1v) is 9.23. The minimum Gasteiger partial charge on any atom is -0.267 e. The lowest BCUT2D eigenvalue weighted by Gasteiger charge is -2.09. The highest BCUT2D eigenvalue weighted by molar-refractivity contribution is 6.26. The summed E-state index contributed by atoms with van der Waals surface area (Å²) in [5.41, 5.74) is 7.23. The molecular weight excluding hydrogens is 346 g/mol. The number of fused-ring (bicyclic) bond motifs is 1. The van der Waals surface area contributed by atoms with E-state index in [1.54, 1.807) is 0 Å². The lowest BCUT2D eigenvalue weighted by atomic mass is 10.0. The lowest BCUT2D eigenvalue weighted by molar-refractivity contribution is 0.0969. The number of hydrogen-bond acceptors (Lipinski definition) is 3. The lowest BCUT2D eigenvalue weighted by Crippen LogP contribution is -2.14. The van der Waals surface area contributed by atoms with Gasteiger partial charge in [0.2, 0.25) is 0 Å². The molecule has 0 atom stereocenters. The molecule has 0 unspecified atom stereocenters. The molecule has 0 spiro atoms. The van der Waals surface area contributed by atoms with Crippen LogP contribution in [0.1, 0.15) is 32.6 Å². The number of hydrogen-bond donors (Lipinski definition) is 0. The molecule has 1 aromatic heterocycles. The van der Waals surface area contributed by atoms with Crippen LogP contribution in [0.25, 0.3) is 22.7 Å². The predicted molar refractivity (Wildman–Crippen MR) is 113 cm³/mol.